The summed E-state index contributed by atoms with van der Waals surface area (Å²) in [5, 5.41) is 3.51. The lowest BCUT2D eigenvalue weighted by Gasteiger charge is -2.43. The molecule has 1 saturated carbocycles. The minimum Gasteiger partial charge on any atom is -0.496 e. The second kappa shape index (κ2) is 7.28. The zero-order valence-corrected chi connectivity index (χ0v) is 13.9. The van der Waals surface area contributed by atoms with Crippen LogP contribution in [0.1, 0.15) is 56.2 Å². The van der Waals surface area contributed by atoms with Gasteiger partial charge in [0.05, 0.1) is 18.8 Å². The highest BCUT2D eigenvalue weighted by atomic mass is 16.5. The van der Waals surface area contributed by atoms with Crippen LogP contribution in [-0.4, -0.2) is 26.4 Å². The molecule has 21 heavy (non-hydrogen) atoms. The van der Waals surface area contributed by atoms with Gasteiger partial charge in [0.25, 0.3) is 0 Å². The first-order valence-electron chi connectivity index (χ1n) is 8.12. The third-order valence-electron chi connectivity index (χ3n) is 4.64. The number of likely N-dealkylation sites (N-methyl/N-ethyl adjacent to an activating group) is 1. The van der Waals surface area contributed by atoms with E-state index in [9.17, 15) is 0 Å². The van der Waals surface area contributed by atoms with Gasteiger partial charge in [0.2, 0.25) is 0 Å². The maximum atomic E-state index is 6.30. The number of hydrogen-bond donors (Lipinski definition) is 1. The van der Waals surface area contributed by atoms with Crippen molar-refractivity contribution in [1.29, 1.82) is 0 Å². The van der Waals surface area contributed by atoms with Crippen LogP contribution in [-0.2, 0) is 4.74 Å². The van der Waals surface area contributed by atoms with Crippen LogP contribution in [0.25, 0.3) is 0 Å². The molecule has 0 spiro atoms. The van der Waals surface area contributed by atoms with E-state index in [0.717, 1.165) is 25.2 Å². The molecule has 1 aliphatic rings. The first-order valence-corrected chi connectivity index (χ1v) is 8.12. The quantitative estimate of drug-likeness (QED) is 0.859. The Morgan fingerprint density at radius 1 is 1.24 bits per heavy atom. The average Bonchev–Trinajstić information content (AvgIpc) is 2.49. The number of hydrogen-bond acceptors (Lipinski definition) is 3. The van der Waals surface area contributed by atoms with Crippen LogP contribution < -0.4 is 10.1 Å². The van der Waals surface area contributed by atoms with E-state index in [1.807, 2.05) is 7.05 Å². The minimum absolute atomic E-state index is 0.108. The summed E-state index contributed by atoms with van der Waals surface area (Å²) in [7, 11) is 3.77. The van der Waals surface area contributed by atoms with Crippen LogP contribution in [0.5, 0.6) is 5.75 Å². The number of ether oxygens (including phenoxy) is 2. The SMILES string of the molecule is CCOC1(C(NC)c2cc(C)ccc2OC)CCCCC1. The van der Waals surface area contributed by atoms with Gasteiger partial charge in [0, 0.05) is 12.2 Å². The smallest absolute Gasteiger partial charge is 0.123 e. The van der Waals surface area contributed by atoms with Gasteiger partial charge >= 0.3 is 0 Å². The lowest BCUT2D eigenvalue weighted by Crippen LogP contribution is -2.46. The van der Waals surface area contributed by atoms with Crippen LogP contribution in [0.3, 0.4) is 0 Å². The fourth-order valence-corrected chi connectivity index (χ4v) is 3.74. The van der Waals surface area contributed by atoms with Gasteiger partial charge in [-0.1, -0.05) is 37.0 Å². The van der Waals surface area contributed by atoms with Crippen molar-refractivity contribution in [3.8, 4) is 5.75 Å². The standard InChI is InChI=1S/C18H29NO2/c1-5-21-18(11-7-6-8-12-18)17(19-3)15-13-14(2)9-10-16(15)20-4/h9-10,13,17,19H,5-8,11-12H2,1-4H3. The Hall–Kier alpha value is -1.06. The molecule has 1 unspecified atom stereocenters. The molecule has 0 aromatic heterocycles. The lowest BCUT2D eigenvalue weighted by atomic mass is 9.76. The van der Waals surface area contributed by atoms with Crippen LogP contribution in [0.2, 0.25) is 0 Å². The molecule has 1 aliphatic carbocycles. The normalized spacial score (nSPS) is 19.2. The highest BCUT2D eigenvalue weighted by Gasteiger charge is 2.41. The molecule has 1 aromatic carbocycles. The molecule has 0 bridgehead atoms. The van der Waals surface area contributed by atoms with Gasteiger partial charge in [-0.2, -0.15) is 0 Å². The Labute approximate surface area is 129 Å². The summed E-state index contributed by atoms with van der Waals surface area (Å²) < 4.78 is 11.9. The summed E-state index contributed by atoms with van der Waals surface area (Å²) in [5.74, 6) is 0.949. The monoisotopic (exact) mass is 291 g/mol. The van der Waals surface area contributed by atoms with E-state index in [1.54, 1.807) is 7.11 Å². The Balaban J connectivity index is 2.42. The second-order valence-corrected chi connectivity index (χ2v) is 6.03. The number of aryl methyl sites for hydroxylation is 1. The largest absolute Gasteiger partial charge is 0.496 e. The van der Waals surface area contributed by atoms with Gasteiger partial charge in [0.15, 0.2) is 0 Å². The van der Waals surface area contributed by atoms with Crippen LogP contribution in [0.4, 0.5) is 0 Å². The zero-order chi connectivity index (χ0) is 15.3. The van der Waals surface area contributed by atoms with Gasteiger partial charge in [-0.25, -0.2) is 0 Å². The molecule has 1 atom stereocenters. The summed E-state index contributed by atoms with van der Waals surface area (Å²) in [6.45, 7) is 4.98. The highest BCUT2D eigenvalue weighted by Crippen LogP contribution is 2.43. The topological polar surface area (TPSA) is 30.5 Å². The number of methoxy groups -OCH3 is 1. The van der Waals surface area contributed by atoms with E-state index in [-0.39, 0.29) is 11.6 Å². The van der Waals surface area contributed by atoms with Crippen molar-refractivity contribution >= 4 is 0 Å². The maximum Gasteiger partial charge on any atom is 0.123 e. The highest BCUT2D eigenvalue weighted by molar-refractivity contribution is 5.40. The van der Waals surface area contributed by atoms with E-state index >= 15 is 0 Å². The first kappa shape index (κ1) is 16.3. The van der Waals surface area contributed by atoms with Crippen molar-refractivity contribution in [3.63, 3.8) is 0 Å². The molecular weight excluding hydrogens is 262 g/mol. The third-order valence-corrected chi connectivity index (χ3v) is 4.64. The van der Waals surface area contributed by atoms with Crippen molar-refractivity contribution in [2.45, 2.75) is 57.6 Å². The Kier molecular flexibility index (Phi) is 5.65. The molecule has 0 radical (unpaired) electrons. The summed E-state index contributed by atoms with van der Waals surface area (Å²) >= 11 is 0. The molecule has 0 heterocycles. The van der Waals surface area contributed by atoms with Gasteiger partial charge in [-0.15, -0.1) is 0 Å². The first-order chi connectivity index (χ1) is 10.2. The molecule has 0 saturated heterocycles. The molecule has 0 amide bonds. The van der Waals surface area contributed by atoms with Crippen molar-refractivity contribution < 1.29 is 9.47 Å². The van der Waals surface area contributed by atoms with E-state index in [1.165, 1.54) is 30.4 Å². The van der Waals surface area contributed by atoms with E-state index in [4.69, 9.17) is 9.47 Å². The Morgan fingerprint density at radius 3 is 2.52 bits per heavy atom. The van der Waals surface area contributed by atoms with Gasteiger partial charge in [0.1, 0.15) is 5.75 Å². The predicted octanol–water partition coefficient (Wildman–Crippen LogP) is 4.00. The Bertz CT molecular complexity index is 447. The maximum absolute atomic E-state index is 6.30. The second-order valence-electron chi connectivity index (χ2n) is 6.03. The fraction of sp³-hybridized carbons (Fsp3) is 0.667. The number of nitrogens with one attached hydrogen (secondary N) is 1. The summed E-state index contributed by atoms with van der Waals surface area (Å²) in [4.78, 5) is 0. The summed E-state index contributed by atoms with van der Waals surface area (Å²) in [5.41, 5.74) is 2.37. The minimum atomic E-state index is -0.108. The molecule has 2 rings (SSSR count). The van der Waals surface area contributed by atoms with Crippen molar-refractivity contribution in [1.82, 2.24) is 5.32 Å². The molecule has 1 N–H and O–H groups in total. The van der Waals surface area contributed by atoms with Gasteiger partial charge in [-0.3, -0.25) is 0 Å². The average molecular weight is 291 g/mol. The number of rotatable bonds is 6. The molecule has 1 fully saturated rings. The lowest BCUT2D eigenvalue weighted by molar-refractivity contribution is -0.0902. The van der Waals surface area contributed by atoms with Gasteiger partial charge in [-0.05, 0) is 39.8 Å². The molecule has 118 valence electrons. The van der Waals surface area contributed by atoms with E-state index in [2.05, 4.69) is 37.4 Å². The molecule has 3 heteroatoms. The van der Waals surface area contributed by atoms with Crippen molar-refractivity contribution in [2.24, 2.45) is 0 Å². The van der Waals surface area contributed by atoms with Crippen molar-refractivity contribution in [3.05, 3.63) is 29.3 Å². The van der Waals surface area contributed by atoms with Crippen LogP contribution >= 0.6 is 0 Å². The van der Waals surface area contributed by atoms with Crippen molar-refractivity contribution in [2.75, 3.05) is 20.8 Å². The zero-order valence-electron chi connectivity index (χ0n) is 13.9. The molecular formula is C18H29NO2. The molecule has 0 aliphatic heterocycles. The molecule has 3 nitrogen and oxygen atoms in total. The Morgan fingerprint density at radius 2 is 1.95 bits per heavy atom. The van der Waals surface area contributed by atoms with Crippen LogP contribution in [0.15, 0.2) is 18.2 Å². The van der Waals surface area contributed by atoms with E-state index < -0.39 is 0 Å². The van der Waals surface area contributed by atoms with Crippen LogP contribution in [0, 0.1) is 6.92 Å². The predicted molar refractivity (Wildman–Crippen MR) is 87.0 cm³/mol. The van der Waals surface area contributed by atoms with Gasteiger partial charge < -0.3 is 14.8 Å². The molecule has 1 aromatic rings. The number of benzene rings is 1. The summed E-state index contributed by atoms with van der Waals surface area (Å²) in [6.07, 6.45) is 6.03. The third kappa shape index (κ3) is 3.41. The fourth-order valence-electron chi connectivity index (χ4n) is 3.74. The summed E-state index contributed by atoms with van der Waals surface area (Å²) in [6, 6.07) is 6.57. The van der Waals surface area contributed by atoms with E-state index in [0.29, 0.717) is 0 Å².